The fourth-order valence-corrected chi connectivity index (χ4v) is 5.42. The Morgan fingerprint density at radius 1 is 1.30 bits per heavy atom. The number of carbonyl (C=O) groups is 3. The van der Waals surface area contributed by atoms with Crippen molar-refractivity contribution in [3.8, 4) is 0 Å². The number of halogens is 1. The van der Waals surface area contributed by atoms with Crippen LogP contribution in [-0.2, 0) is 14.3 Å². The highest BCUT2D eigenvalue weighted by atomic mass is 79.9. The number of ether oxygens (including phenoxy) is 1. The second kappa shape index (κ2) is 5.16. The molecule has 1 heterocycles. The van der Waals surface area contributed by atoms with Crippen molar-refractivity contribution < 1.29 is 19.1 Å². The summed E-state index contributed by atoms with van der Waals surface area (Å²) < 4.78 is 5.42. The Bertz CT molecular complexity index is 718. The lowest BCUT2D eigenvalue weighted by Gasteiger charge is -2.27. The number of carbonyl (C=O) groups excluding carboxylic acids is 3. The summed E-state index contributed by atoms with van der Waals surface area (Å²) in [5, 5.41) is 2.87. The van der Waals surface area contributed by atoms with Crippen LogP contribution in [0.2, 0.25) is 0 Å². The molecule has 6 atom stereocenters. The van der Waals surface area contributed by atoms with Crippen LogP contribution in [0.5, 0.6) is 0 Å². The van der Waals surface area contributed by atoms with Gasteiger partial charge in [0.15, 0.2) is 5.78 Å². The molecule has 0 unspecified atom stereocenters. The van der Waals surface area contributed by atoms with Crippen LogP contribution in [-0.4, -0.2) is 28.6 Å². The topological polar surface area (TPSA) is 72.5 Å². The van der Waals surface area contributed by atoms with Crippen molar-refractivity contribution in [3.05, 3.63) is 29.8 Å². The largest absolute Gasteiger partial charge is 0.461 e. The lowest BCUT2D eigenvalue weighted by atomic mass is 9.79. The van der Waals surface area contributed by atoms with Crippen LogP contribution < -0.4 is 5.32 Å². The van der Waals surface area contributed by atoms with Gasteiger partial charge in [-0.15, -0.1) is 0 Å². The molecule has 4 rings (SSSR count). The smallest absolute Gasteiger partial charge is 0.310 e. The molecule has 23 heavy (non-hydrogen) atoms. The van der Waals surface area contributed by atoms with E-state index in [1.165, 1.54) is 6.92 Å². The first kappa shape index (κ1) is 14.9. The SMILES string of the molecule is CC(=O)c1cccc(NC(=O)[C@@H]2[C@H]3C[C@H]4[C@H](OC(=O)[C@H]42)[C@H]3Br)c1. The average Bonchev–Trinajstić information content (AvgIpc) is 3.11. The van der Waals surface area contributed by atoms with Gasteiger partial charge in [-0.05, 0) is 31.4 Å². The first-order valence-electron chi connectivity index (χ1n) is 7.74. The molecule has 1 aliphatic heterocycles. The van der Waals surface area contributed by atoms with Gasteiger partial charge in [0, 0.05) is 17.2 Å². The number of esters is 1. The van der Waals surface area contributed by atoms with Crippen LogP contribution in [0, 0.1) is 23.7 Å². The van der Waals surface area contributed by atoms with E-state index < -0.39 is 0 Å². The minimum absolute atomic E-state index is 0.0505. The minimum atomic E-state index is -0.364. The first-order chi connectivity index (χ1) is 11.0. The number of ketones is 1. The molecule has 1 saturated heterocycles. The number of Topliss-reactive ketones (excluding diaryl/α,β-unsaturated/α-hetero) is 1. The fourth-order valence-electron chi connectivity index (χ4n) is 4.37. The van der Waals surface area contributed by atoms with Gasteiger partial charge in [-0.2, -0.15) is 0 Å². The third-order valence-corrected chi connectivity index (χ3v) is 6.56. The van der Waals surface area contributed by atoms with E-state index in [0.29, 0.717) is 11.3 Å². The average molecular weight is 378 g/mol. The quantitative estimate of drug-likeness (QED) is 0.498. The summed E-state index contributed by atoms with van der Waals surface area (Å²) in [7, 11) is 0. The molecule has 5 nitrogen and oxygen atoms in total. The number of alkyl halides is 1. The molecule has 3 aliphatic rings. The molecular weight excluding hydrogens is 362 g/mol. The monoisotopic (exact) mass is 377 g/mol. The van der Waals surface area contributed by atoms with Crippen LogP contribution in [0.3, 0.4) is 0 Å². The maximum Gasteiger partial charge on any atom is 0.310 e. The van der Waals surface area contributed by atoms with Crippen molar-refractivity contribution in [2.75, 3.05) is 5.32 Å². The van der Waals surface area contributed by atoms with Gasteiger partial charge in [0.1, 0.15) is 6.10 Å². The number of nitrogens with one attached hydrogen (secondary N) is 1. The van der Waals surface area contributed by atoms with Crippen molar-refractivity contribution in [2.45, 2.75) is 24.3 Å². The lowest BCUT2D eigenvalue weighted by molar-refractivity contribution is -0.145. The summed E-state index contributed by atoms with van der Waals surface area (Å²) in [4.78, 5) is 36.3. The Labute approximate surface area is 141 Å². The van der Waals surface area contributed by atoms with Crippen molar-refractivity contribution in [3.63, 3.8) is 0 Å². The number of hydrogen-bond donors (Lipinski definition) is 1. The fraction of sp³-hybridized carbons (Fsp3) is 0.471. The Balaban J connectivity index is 1.57. The van der Waals surface area contributed by atoms with E-state index >= 15 is 0 Å². The van der Waals surface area contributed by atoms with Crippen LogP contribution in [0.15, 0.2) is 24.3 Å². The third-order valence-electron chi connectivity index (χ3n) is 5.36. The molecule has 6 heteroatoms. The number of amides is 1. The predicted octanol–water partition coefficient (Wildman–Crippen LogP) is 2.40. The molecule has 2 bridgehead atoms. The van der Waals surface area contributed by atoms with E-state index in [1.54, 1.807) is 24.3 Å². The molecule has 3 fully saturated rings. The van der Waals surface area contributed by atoms with Crippen molar-refractivity contribution in [1.82, 2.24) is 0 Å². The molecular formula is C17H16BrNO4. The van der Waals surface area contributed by atoms with Crippen molar-refractivity contribution in [2.24, 2.45) is 23.7 Å². The second-order valence-electron chi connectivity index (χ2n) is 6.59. The van der Waals surface area contributed by atoms with Gasteiger partial charge in [0.2, 0.25) is 5.91 Å². The Hall–Kier alpha value is -1.69. The van der Waals surface area contributed by atoms with Crippen LogP contribution in [0.1, 0.15) is 23.7 Å². The number of fused-ring (bicyclic) bond motifs is 1. The van der Waals surface area contributed by atoms with E-state index in [9.17, 15) is 14.4 Å². The molecule has 1 aromatic rings. The van der Waals surface area contributed by atoms with Crippen LogP contribution >= 0.6 is 15.9 Å². The van der Waals surface area contributed by atoms with E-state index in [0.717, 1.165) is 6.42 Å². The molecule has 0 aromatic heterocycles. The number of benzene rings is 1. The molecule has 2 saturated carbocycles. The molecule has 0 spiro atoms. The summed E-state index contributed by atoms with van der Waals surface area (Å²) >= 11 is 3.60. The zero-order valence-corrected chi connectivity index (χ0v) is 14.1. The van der Waals surface area contributed by atoms with E-state index in [4.69, 9.17) is 4.74 Å². The molecule has 1 amide bonds. The van der Waals surface area contributed by atoms with E-state index in [-0.39, 0.29) is 52.3 Å². The van der Waals surface area contributed by atoms with Gasteiger partial charge in [-0.3, -0.25) is 14.4 Å². The highest BCUT2D eigenvalue weighted by Crippen LogP contribution is 2.60. The zero-order chi connectivity index (χ0) is 16.3. The van der Waals surface area contributed by atoms with Crippen molar-refractivity contribution >= 4 is 39.3 Å². The highest BCUT2D eigenvalue weighted by molar-refractivity contribution is 9.09. The lowest BCUT2D eigenvalue weighted by Crippen LogP contribution is -2.40. The summed E-state index contributed by atoms with van der Waals surface area (Å²) in [6.45, 7) is 1.49. The van der Waals surface area contributed by atoms with E-state index in [1.807, 2.05) is 0 Å². The normalized spacial score (nSPS) is 36.9. The maximum absolute atomic E-state index is 12.7. The summed E-state index contributed by atoms with van der Waals surface area (Å²) in [6, 6.07) is 6.86. The zero-order valence-electron chi connectivity index (χ0n) is 12.5. The van der Waals surface area contributed by atoms with Crippen LogP contribution in [0.25, 0.3) is 0 Å². The Morgan fingerprint density at radius 3 is 2.83 bits per heavy atom. The van der Waals surface area contributed by atoms with Crippen molar-refractivity contribution in [1.29, 1.82) is 0 Å². The number of rotatable bonds is 3. The molecule has 1 N–H and O–H groups in total. The van der Waals surface area contributed by atoms with Gasteiger partial charge in [0.25, 0.3) is 0 Å². The predicted molar refractivity (Wildman–Crippen MR) is 86.2 cm³/mol. The standard InChI is InChI=1S/C17H16BrNO4/c1-7(20)8-3-2-4-9(5-8)19-16(21)12-10-6-11-13(12)17(22)23-15(11)14(10)18/h2-5,10-15H,6H2,1H3,(H,19,21)/t10-,11-,12-,13-,14+,15+/m1/s1. The molecule has 0 radical (unpaired) electrons. The van der Waals surface area contributed by atoms with E-state index in [2.05, 4.69) is 21.2 Å². The Morgan fingerprint density at radius 2 is 2.09 bits per heavy atom. The highest BCUT2D eigenvalue weighted by Gasteiger charge is 2.67. The Kier molecular flexibility index (Phi) is 3.34. The number of hydrogen-bond acceptors (Lipinski definition) is 4. The maximum atomic E-state index is 12.7. The second-order valence-corrected chi connectivity index (χ2v) is 7.64. The van der Waals surface area contributed by atoms with Gasteiger partial charge < -0.3 is 10.1 Å². The summed E-state index contributed by atoms with van der Waals surface area (Å²) in [6.07, 6.45) is 0.769. The molecule has 2 aliphatic carbocycles. The summed E-state index contributed by atoms with van der Waals surface area (Å²) in [5.74, 6) is -0.879. The molecule has 1 aromatic carbocycles. The van der Waals surface area contributed by atoms with Gasteiger partial charge in [0.05, 0.1) is 16.7 Å². The third kappa shape index (κ3) is 2.15. The molecule has 120 valence electrons. The van der Waals surface area contributed by atoms with Gasteiger partial charge in [-0.1, -0.05) is 28.1 Å². The van der Waals surface area contributed by atoms with Crippen LogP contribution in [0.4, 0.5) is 5.69 Å². The van der Waals surface area contributed by atoms with Gasteiger partial charge >= 0.3 is 5.97 Å². The minimum Gasteiger partial charge on any atom is -0.461 e. The van der Waals surface area contributed by atoms with Gasteiger partial charge in [-0.25, -0.2) is 0 Å². The summed E-state index contributed by atoms with van der Waals surface area (Å²) in [5.41, 5.74) is 1.13. The first-order valence-corrected chi connectivity index (χ1v) is 8.65. The number of anilines is 1.